The number of piperazine rings is 1. The smallest absolute Gasteiger partial charge is 0.342 e. The Hall–Kier alpha value is -3.47. The summed E-state index contributed by atoms with van der Waals surface area (Å²) in [6, 6.07) is 6.57. The van der Waals surface area contributed by atoms with Crippen molar-refractivity contribution in [1.82, 2.24) is 25.1 Å². The van der Waals surface area contributed by atoms with Gasteiger partial charge in [0.05, 0.1) is 12.1 Å². The number of hydrogen-bond donors (Lipinski definition) is 2. The second-order valence-corrected chi connectivity index (χ2v) is 8.64. The third-order valence-corrected chi connectivity index (χ3v) is 5.95. The Labute approximate surface area is 207 Å². The summed E-state index contributed by atoms with van der Waals surface area (Å²) < 4.78 is 11.4. The molecule has 0 unspecified atom stereocenters. The summed E-state index contributed by atoms with van der Waals surface area (Å²) >= 11 is 6.24. The zero-order valence-electron chi connectivity index (χ0n) is 19.4. The molecule has 1 aliphatic heterocycles. The van der Waals surface area contributed by atoms with Gasteiger partial charge in [-0.15, -0.1) is 0 Å². The van der Waals surface area contributed by atoms with E-state index in [1.165, 1.54) is 18.5 Å². The molecule has 11 heteroatoms. The summed E-state index contributed by atoms with van der Waals surface area (Å²) in [5.74, 6) is -0.315. The van der Waals surface area contributed by atoms with Crippen molar-refractivity contribution in [2.75, 3.05) is 46.4 Å². The number of rotatable bonds is 8. The molecule has 1 fully saturated rings. The Balaban J connectivity index is 1.40. The molecule has 2 aromatic heterocycles. The van der Waals surface area contributed by atoms with Crippen LogP contribution in [0.3, 0.4) is 0 Å². The van der Waals surface area contributed by atoms with Gasteiger partial charge >= 0.3 is 5.97 Å². The second-order valence-electron chi connectivity index (χ2n) is 8.20. The molecule has 0 spiro atoms. The number of ether oxygens (including phenoxy) is 1. The zero-order chi connectivity index (χ0) is 24.8. The van der Waals surface area contributed by atoms with E-state index >= 15 is 0 Å². The van der Waals surface area contributed by atoms with Crippen LogP contribution in [0.5, 0.6) is 0 Å². The average Bonchev–Trinajstić information content (AvgIpc) is 3.27. The van der Waals surface area contributed by atoms with E-state index in [-0.39, 0.29) is 30.1 Å². The van der Waals surface area contributed by atoms with Gasteiger partial charge in [0.1, 0.15) is 23.5 Å². The summed E-state index contributed by atoms with van der Waals surface area (Å²) in [7, 11) is 2.09. The number of halogens is 1. The first-order chi connectivity index (χ1) is 16.9. The van der Waals surface area contributed by atoms with E-state index in [9.17, 15) is 9.59 Å². The Morgan fingerprint density at radius 1 is 1.20 bits per heavy atom. The fourth-order valence-electron chi connectivity index (χ4n) is 3.78. The van der Waals surface area contributed by atoms with Crippen molar-refractivity contribution in [2.45, 2.75) is 6.54 Å². The molecule has 10 nitrogen and oxygen atoms in total. The van der Waals surface area contributed by atoms with E-state index in [2.05, 4.69) is 32.1 Å². The van der Waals surface area contributed by atoms with Crippen LogP contribution in [0.15, 0.2) is 47.3 Å². The first kappa shape index (κ1) is 24.6. The Kier molecular flexibility index (Phi) is 7.96. The lowest BCUT2D eigenvalue weighted by atomic mass is 10.1. The predicted octanol–water partition coefficient (Wildman–Crippen LogP) is 1.90. The van der Waals surface area contributed by atoms with Gasteiger partial charge in [-0.3, -0.25) is 9.69 Å². The molecule has 0 aliphatic carbocycles. The molecule has 3 heterocycles. The molecule has 1 aromatic carbocycles. The number of benzene rings is 1. The van der Waals surface area contributed by atoms with E-state index in [1.807, 2.05) is 0 Å². The van der Waals surface area contributed by atoms with Crippen LogP contribution in [0, 0.1) is 0 Å². The van der Waals surface area contributed by atoms with Crippen LogP contribution < -0.4 is 11.1 Å². The minimum absolute atomic E-state index is 0.0627. The maximum Gasteiger partial charge on any atom is 0.342 e. The molecule has 3 N–H and O–H groups in total. The summed E-state index contributed by atoms with van der Waals surface area (Å²) in [5, 5.41) is 3.74. The van der Waals surface area contributed by atoms with Gasteiger partial charge in [-0.05, 0) is 31.3 Å². The molecule has 1 aliphatic rings. The van der Waals surface area contributed by atoms with Crippen molar-refractivity contribution in [2.24, 2.45) is 5.73 Å². The van der Waals surface area contributed by atoms with Gasteiger partial charge in [-0.1, -0.05) is 11.6 Å². The largest absolute Gasteiger partial charge is 0.461 e. The lowest BCUT2D eigenvalue weighted by Crippen LogP contribution is -2.45. The highest BCUT2D eigenvalue weighted by Crippen LogP contribution is 2.28. The molecular weight excluding hydrogens is 472 g/mol. The van der Waals surface area contributed by atoms with Crippen LogP contribution in [0.1, 0.15) is 21.9 Å². The fourth-order valence-corrected chi connectivity index (χ4v) is 4.00. The van der Waals surface area contributed by atoms with Gasteiger partial charge in [0, 0.05) is 61.7 Å². The van der Waals surface area contributed by atoms with Crippen LogP contribution in [0.25, 0.3) is 16.5 Å². The third kappa shape index (κ3) is 6.16. The van der Waals surface area contributed by atoms with Crippen LogP contribution in [-0.2, 0) is 16.1 Å². The van der Waals surface area contributed by atoms with Crippen LogP contribution in [0.2, 0.25) is 5.02 Å². The monoisotopic (exact) mass is 498 g/mol. The molecule has 35 heavy (non-hydrogen) atoms. The van der Waals surface area contributed by atoms with Crippen LogP contribution >= 0.6 is 11.6 Å². The molecule has 1 amide bonds. The molecule has 0 radical (unpaired) electrons. The summed E-state index contributed by atoms with van der Waals surface area (Å²) in [4.78, 5) is 38.0. The van der Waals surface area contributed by atoms with Crippen LogP contribution in [0.4, 0.5) is 0 Å². The summed E-state index contributed by atoms with van der Waals surface area (Å²) in [6.45, 7) is 4.88. The number of aromatic nitrogens is 2. The van der Waals surface area contributed by atoms with Gasteiger partial charge in [-0.25, -0.2) is 14.8 Å². The number of likely N-dealkylation sites (N-methyl/N-ethyl adjacent to an activating group) is 1. The minimum atomic E-state index is -0.508. The standard InChI is InChI=1S/C24H27ClN6O4/c1-30-5-7-31(8-6-30)9-10-34-24(33)19-13-17(25)11-16-12-18(35-21(16)19)15-29-23(32)20(14-26)22-27-3-2-4-28-22/h2-4,11-14H,5-10,15,26H2,1H3,(H,29,32)/b20-14+. The number of nitrogens with zero attached hydrogens (tertiary/aromatic N) is 4. The quantitative estimate of drug-likeness (QED) is 0.353. The van der Waals surface area contributed by atoms with E-state index in [4.69, 9.17) is 26.5 Å². The molecule has 3 aromatic rings. The minimum Gasteiger partial charge on any atom is -0.461 e. The summed E-state index contributed by atoms with van der Waals surface area (Å²) in [5.41, 5.74) is 6.33. The highest BCUT2D eigenvalue weighted by molar-refractivity contribution is 6.32. The van der Waals surface area contributed by atoms with Gasteiger partial charge < -0.3 is 25.1 Å². The van der Waals surface area contributed by atoms with E-state index in [0.29, 0.717) is 28.3 Å². The molecule has 4 rings (SSSR count). The second kappa shape index (κ2) is 11.3. The molecule has 1 saturated heterocycles. The van der Waals surface area contributed by atoms with Gasteiger partial charge in [0.2, 0.25) is 0 Å². The maximum absolute atomic E-state index is 12.8. The number of carbonyl (C=O) groups is 2. The number of hydrogen-bond acceptors (Lipinski definition) is 9. The van der Waals surface area contributed by atoms with E-state index in [1.54, 1.807) is 18.2 Å². The van der Waals surface area contributed by atoms with Gasteiger partial charge in [-0.2, -0.15) is 0 Å². The van der Waals surface area contributed by atoms with Crippen molar-refractivity contribution in [3.8, 4) is 0 Å². The van der Waals surface area contributed by atoms with E-state index in [0.717, 1.165) is 32.4 Å². The zero-order valence-corrected chi connectivity index (χ0v) is 20.1. The van der Waals surface area contributed by atoms with Crippen molar-refractivity contribution < 1.29 is 18.7 Å². The number of esters is 1. The normalized spacial score (nSPS) is 15.3. The lowest BCUT2D eigenvalue weighted by molar-refractivity contribution is -0.115. The molecule has 0 saturated carbocycles. The van der Waals surface area contributed by atoms with Crippen molar-refractivity contribution in [3.05, 3.63) is 65.0 Å². The number of furan rings is 1. The Morgan fingerprint density at radius 2 is 1.94 bits per heavy atom. The summed E-state index contributed by atoms with van der Waals surface area (Å²) in [6.07, 6.45) is 4.20. The topological polar surface area (TPSA) is 127 Å². The number of carbonyl (C=O) groups excluding carboxylic acids is 2. The van der Waals surface area contributed by atoms with Gasteiger partial charge in [0.15, 0.2) is 5.82 Å². The van der Waals surface area contributed by atoms with E-state index < -0.39 is 11.9 Å². The molecule has 184 valence electrons. The molecule has 0 atom stereocenters. The fraction of sp³-hybridized carbons (Fsp3) is 0.333. The Morgan fingerprint density at radius 3 is 2.66 bits per heavy atom. The number of nitrogens with two attached hydrogens (primary N) is 1. The van der Waals surface area contributed by atoms with Crippen molar-refractivity contribution >= 4 is 40.0 Å². The number of nitrogens with one attached hydrogen (secondary N) is 1. The lowest BCUT2D eigenvalue weighted by Gasteiger charge is -2.32. The molecule has 0 bridgehead atoms. The van der Waals surface area contributed by atoms with Crippen LogP contribution in [-0.4, -0.2) is 78.0 Å². The molecular formula is C24H27ClN6O4. The highest BCUT2D eigenvalue weighted by atomic mass is 35.5. The third-order valence-electron chi connectivity index (χ3n) is 5.73. The predicted molar refractivity (Wildman–Crippen MR) is 131 cm³/mol. The number of fused-ring (bicyclic) bond motifs is 1. The Bertz CT molecular complexity index is 1220. The van der Waals surface area contributed by atoms with Crippen molar-refractivity contribution in [3.63, 3.8) is 0 Å². The first-order valence-corrected chi connectivity index (χ1v) is 11.6. The van der Waals surface area contributed by atoms with Crippen molar-refractivity contribution in [1.29, 1.82) is 0 Å². The number of amides is 1. The highest BCUT2D eigenvalue weighted by Gasteiger charge is 2.20. The van der Waals surface area contributed by atoms with Gasteiger partial charge in [0.25, 0.3) is 5.91 Å². The maximum atomic E-state index is 12.8. The first-order valence-electron chi connectivity index (χ1n) is 11.2. The SMILES string of the molecule is CN1CCN(CCOC(=O)c2cc(Cl)cc3cc(CNC(=O)/C(=C/N)c4ncccn4)oc23)CC1. The average molecular weight is 499 g/mol.